The predicted octanol–water partition coefficient (Wildman–Crippen LogP) is -0.407. The first-order valence-corrected chi connectivity index (χ1v) is 6.66. The molecule has 6 heteroatoms. The van der Waals surface area contributed by atoms with Crippen molar-refractivity contribution in [3.63, 3.8) is 0 Å². The standard InChI is InChI=1S/C10H13BNO3S/c13-16(14,12-6-8-15-9-7-12)11-10-4-2-1-3-5-10/h1-5H,6-9H2. The second kappa shape index (κ2) is 4.99. The van der Waals surface area contributed by atoms with E-state index in [-0.39, 0.29) is 0 Å². The van der Waals surface area contributed by atoms with Gasteiger partial charge >= 0.3 is 6.56 Å². The number of benzene rings is 1. The highest BCUT2D eigenvalue weighted by atomic mass is 32.2. The summed E-state index contributed by atoms with van der Waals surface area (Å²) in [5.74, 6) is 0. The molecule has 0 N–H and O–H groups in total. The van der Waals surface area contributed by atoms with Crippen molar-refractivity contribution in [2.75, 3.05) is 26.3 Å². The second-order valence-corrected chi connectivity index (χ2v) is 5.37. The first-order chi connectivity index (χ1) is 7.68. The number of ether oxygens (including phenoxy) is 1. The minimum Gasteiger partial charge on any atom is -0.379 e. The molecular weight excluding hydrogens is 225 g/mol. The molecule has 1 aromatic rings. The maximum atomic E-state index is 12.0. The van der Waals surface area contributed by atoms with Crippen molar-refractivity contribution in [2.45, 2.75) is 0 Å². The number of hydrogen-bond acceptors (Lipinski definition) is 3. The van der Waals surface area contributed by atoms with Crippen LogP contribution in [-0.4, -0.2) is 45.6 Å². The predicted molar refractivity (Wildman–Crippen MR) is 63.1 cm³/mol. The van der Waals surface area contributed by atoms with Gasteiger partial charge in [0.2, 0.25) is 0 Å². The molecule has 0 aromatic heterocycles. The van der Waals surface area contributed by atoms with Crippen LogP contribution in [0.3, 0.4) is 0 Å². The van der Waals surface area contributed by atoms with Crippen molar-refractivity contribution < 1.29 is 13.2 Å². The van der Waals surface area contributed by atoms with E-state index >= 15 is 0 Å². The fourth-order valence-electron chi connectivity index (χ4n) is 1.58. The Kier molecular flexibility index (Phi) is 3.63. The number of morpholine rings is 1. The molecule has 2 rings (SSSR count). The molecule has 1 heterocycles. The van der Waals surface area contributed by atoms with Gasteiger partial charge in [-0.15, -0.1) is 0 Å². The molecule has 1 radical (unpaired) electrons. The third-order valence-electron chi connectivity index (χ3n) is 2.41. The Bertz CT molecular complexity index is 429. The molecule has 1 aromatic carbocycles. The van der Waals surface area contributed by atoms with Gasteiger partial charge in [0.25, 0.3) is 0 Å². The highest BCUT2D eigenvalue weighted by molar-refractivity contribution is 8.14. The largest absolute Gasteiger partial charge is 0.379 e. The Hall–Kier alpha value is -0.845. The Balaban J connectivity index is 2.08. The summed E-state index contributed by atoms with van der Waals surface area (Å²) in [7, 11) is -3.31. The van der Waals surface area contributed by atoms with Gasteiger partial charge in [0, 0.05) is 13.1 Å². The SMILES string of the molecule is O=S(=O)([B]c1ccccc1)N1CCOCC1. The summed E-state index contributed by atoms with van der Waals surface area (Å²) in [5, 5.41) is 0. The lowest BCUT2D eigenvalue weighted by atomic mass is 9.95. The van der Waals surface area contributed by atoms with Crippen molar-refractivity contribution in [1.82, 2.24) is 4.31 Å². The lowest BCUT2D eigenvalue weighted by Crippen LogP contribution is -2.45. The van der Waals surface area contributed by atoms with Crippen LogP contribution in [0.2, 0.25) is 0 Å². The number of rotatable bonds is 3. The van der Waals surface area contributed by atoms with Gasteiger partial charge in [0.1, 0.15) is 0 Å². The van der Waals surface area contributed by atoms with Crippen LogP contribution in [0.25, 0.3) is 0 Å². The van der Waals surface area contributed by atoms with Gasteiger partial charge in [-0.2, -0.15) is 0 Å². The minimum absolute atomic E-state index is 0.436. The van der Waals surface area contributed by atoms with Crippen LogP contribution >= 0.6 is 0 Å². The molecule has 1 fully saturated rings. The first-order valence-electron chi connectivity index (χ1n) is 5.16. The molecule has 0 spiro atoms. The van der Waals surface area contributed by atoms with Crippen molar-refractivity contribution in [1.29, 1.82) is 0 Å². The average molecular weight is 238 g/mol. The molecule has 1 saturated heterocycles. The molecule has 0 amide bonds. The highest BCUT2D eigenvalue weighted by Crippen LogP contribution is 2.04. The van der Waals surface area contributed by atoms with Gasteiger partial charge in [-0.05, 0) is 0 Å². The quantitative estimate of drug-likeness (QED) is 0.673. The van der Waals surface area contributed by atoms with E-state index in [0.717, 1.165) is 0 Å². The third kappa shape index (κ3) is 2.84. The Labute approximate surface area is 96.4 Å². The van der Waals surface area contributed by atoms with E-state index in [0.29, 0.717) is 31.8 Å². The van der Waals surface area contributed by atoms with Crippen LogP contribution < -0.4 is 5.46 Å². The zero-order valence-corrected chi connectivity index (χ0v) is 9.69. The minimum atomic E-state index is -3.31. The molecule has 0 atom stereocenters. The average Bonchev–Trinajstić information content (AvgIpc) is 2.31. The normalized spacial score (nSPS) is 18.2. The van der Waals surface area contributed by atoms with Crippen molar-refractivity contribution in [2.24, 2.45) is 0 Å². The van der Waals surface area contributed by atoms with E-state index in [1.165, 1.54) is 10.9 Å². The van der Waals surface area contributed by atoms with E-state index in [4.69, 9.17) is 4.74 Å². The molecule has 0 unspecified atom stereocenters. The van der Waals surface area contributed by atoms with E-state index < -0.39 is 9.87 Å². The van der Waals surface area contributed by atoms with Gasteiger partial charge in [0.15, 0.2) is 9.87 Å². The van der Waals surface area contributed by atoms with E-state index in [9.17, 15) is 8.42 Å². The summed E-state index contributed by atoms with van der Waals surface area (Å²) in [6, 6.07) is 9.05. The molecule has 1 aliphatic rings. The zero-order valence-electron chi connectivity index (χ0n) is 8.87. The molecule has 0 aliphatic carbocycles. The van der Waals surface area contributed by atoms with Crippen LogP contribution in [0.1, 0.15) is 0 Å². The van der Waals surface area contributed by atoms with Gasteiger partial charge in [-0.3, -0.25) is 0 Å². The van der Waals surface area contributed by atoms with Crippen LogP contribution in [0, 0.1) is 0 Å². The Morgan fingerprint density at radius 1 is 1.12 bits per heavy atom. The summed E-state index contributed by atoms with van der Waals surface area (Å²) in [4.78, 5) is 0. The number of nitrogens with zero attached hydrogens (tertiary/aromatic N) is 1. The van der Waals surface area contributed by atoms with Crippen LogP contribution in [0.4, 0.5) is 0 Å². The Morgan fingerprint density at radius 2 is 1.75 bits per heavy atom. The van der Waals surface area contributed by atoms with Crippen LogP contribution in [0.15, 0.2) is 30.3 Å². The van der Waals surface area contributed by atoms with Crippen LogP contribution in [0.5, 0.6) is 0 Å². The molecule has 4 nitrogen and oxygen atoms in total. The van der Waals surface area contributed by atoms with Gasteiger partial charge in [-0.1, -0.05) is 35.8 Å². The topological polar surface area (TPSA) is 46.6 Å². The molecule has 1 aliphatic heterocycles. The van der Waals surface area contributed by atoms with Crippen molar-refractivity contribution in [3.8, 4) is 0 Å². The summed E-state index contributed by atoms with van der Waals surface area (Å²) < 4.78 is 30.5. The Morgan fingerprint density at radius 3 is 2.38 bits per heavy atom. The highest BCUT2D eigenvalue weighted by Gasteiger charge is 2.25. The summed E-state index contributed by atoms with van der Waals surface area (Å²) in [5.41, 5.74) is 0.703. The molecule has 85 valence electrons. The summed E-state index contributed by atoms with van der Waals surface area (Å²) in [6.07, 6.45) is 0. The maximum absolute atomic E-state index is 12.0. The first kappa shape index (κ1) is 11.6. The van der Waals surface area contributed by atoms with Gasteiger partial charge in [-0.25, -0.2) is 12.7 Å². The zero-order chi connectivity index (χ0) is 11.4. The smallest absolute Gasteiger partial charge is 0.338 e. The second-order valence-electron chi connectivity index (χ2n) is 3.58. The van der Waals surface area contributed by atoms with Gasteiger partial charge in [0.05, 0.1) is 13.2 Å². The van der Waals surface area contributed by atoms with Crippen LogP contribution in [-0.2, 0) is 14.6 Å². The maximum Gasteiger partial charge on any atom is 0.338 e. The monoisotopic (exact) mass is 238 g/mol. The molecule has 0 saturated carbocycles. The van der Waals surface area contributed by atoms with Crippen molar-refractivity contribution >= 4 is 21.9 Å². The number of hydrogen-bond donors (Lipinski definition) is 0. The summed E-state index contributed by atoms with van der Waals surface area (Å²) in [6.45, 7) is 3.12. The third-order valence-corrected chi connectivity index (χ3v) is 4.07. The molecule has 16 heavy (non-hydrogen) atoms. The molecular formula is C10H13BNO3S. The van der Waals surface area contributed by atoms with E-state index in [2.05, 4.69) is 0 Å². The fourth-order valence-corrected chi connectivity index (χ4v) is 2.89. The molecule has 0 bridgehead atoms. The fraction of sp³-hybridized carbons (Fsp3) is 0.400. The van der Waals surface area contributed by atoms with Crippen molar-refractivity contribution in [3.05, 3.63) is 30.3 Å². The lowest BCUT2D eigenvalue weighted by Gasteiger charge is -2.26. The van der Waals surface area contributed by atoms with E-state index in [1.807, 2.05) is 18.2 Å². The summed E-state index contributed by atoms with van der Waals surface area (Å²) >= 11 is 0. The van der Waals surface area contributed by atoms with E-state index in [1.54, 1.807) is 12.1 Å². The van der Waals surface area contributed by atoms with Gasteiger partial charge < -0.3 is 4.74 Å². The lowest BCUT2D eigenvalue weighted by molar-refractivity contribution is 0.0739.